The van der Waals surface area contributed by atoms with Crippen molar-refractivity contribution in [1.29, 1.82) is 0 Å². The summed E-state index contributed by atoms with van der Waals surface area (Å²) in [5, 5.41) is 0.618. The number of benzene rings is 2. The summed E-state index contributed by atoms with van der Waals surface area (Å²) >= 11 is 5.89. The summed E-state index contributed by atoms with van der Waals surface area (Å²) in [6.07, 6.45) is 0. The molecule has 1 unspecified atom stereocenters. The number of anilines is 1. The summed E-state index contributed by atoms with van der Waals surface area (Å²) in [5.41, 5.74) is 10.8. The summed E-state index contributed by atoms with van der Waals surface area (Å²) in [5.74, 6) is 0.121. The Morgan fingerprint density at radius 2 is 1.71 bits per heavy atom. The van der Waals surface area contributed by atoms with Gasteiger partial charge < -0.3 is 10.7 Å². The molecule has 0 radical (unpaired) electrons. The molecule has 3 rings (SSSR count). The van der Waals surface area contributed by atoms with Crippen LogP contribution in [0.1, 0.15) is 45.7 Å². The normalized spacial score (nSPS) is 12.1. The molecule has 3 N–H and O–H groups in total. The quantitative estimate of drug-likeness (QED) is 0.522. The third-order valence-corrected chi connectivity index (χ3v) is 4.52. The van der Waals surface area contributed by atoms with Gasteiger partial charge in [-0.3, -0.25) is 4.79 Å². The van der Waals surface area contributed by atoms with Crippen LogP contribution in [0.2, 0.25) is 5.02 Å². The number of hydrogen-bond acceptors (Lipinski definition) is 2. The number of rotatable bonds is 4. The van der Waals surface area contributed by atoms with Gasteiger partial charge in [-0.2, -0.15) is 0 Å². The average molecular weight is 339 g/mol. The van der Waals surface area contributed by atoms with E-state index in [2.05, 4.69) is 11.9 Å². The zero-order valence-electron chi connectivity index (χ0n) is 13.6. The van der Waals surface area contributed by atoms with E-state index >= 15 is 0 Å². The summed E-state index contributed by atoms with van der Waals surface area (Å²) in [4.78, 5) is 16.0. The first-order chi connectivity index (χ1) is 11.5. The van der Waals surface area contributed by atoms with Gasteiger partial charge in [0.2, 0.25) is 5.78 Å². The minimum Gasteiger partial charge on any atom is -0.399 e. The van der Waals surface area contributed by atoms with E-state index in [1.54, 1.807) is 24.3 Å². The second-order valence-corrected chi connectivity index (χ2v) is 6.44. The van der Waals surface area contributed by atoms with Crippen LogP contribution in [0.3, 0.4) is 0 Å². The highest BCUT2D eigenvalue weighted by atomic mass is 35.5. The van der Waals surface area contributed by atoms with Gasteiger partial charge in [0.1, 0.15) is 0 Å². The van der Waals surface area contributed by atoms with Crippen molar-refractivity contribution in [1.82, 2.24) is 4.98 Å². The SMILES string of the molecule is Cc1cc(C(C)c2ccc(N)cc2)[nH]c1C(=O)c1ccc(Cl)cc1. The highest BCUT2D eigenvalue weighted by Crippen LogP contribution is 2.27. The number of nitrogens with two attached hydrogens (primary N) is 1. The zero-order chi connectivity index (χ0) is 17.3. The molecule has 0 aliphatic carbocycles. The van der Waals surface area contributed by atoms with E-state index in [0.29, 0.717) is 16.3 Å². The molecule has 3 nitrogen and oxygen atoms in total. The molecule has 0 aliphatic heterocycles. The largest absolute Gasteiger partial charge is 0.399 e. The maximum absolute atomic E-state index is 12.7. The van der Waals surface area contributed by atoms with Crippen LogP contribution in [0.4, 0.5) is 5.69 Å². The van der Waals surface area contributed by atoms with Gasteiger partial charge in [0, 0.05) is 27.9 Å². The molecule has 1 atom stereocenters. The predicted molar refractivity (Wildman–Crippen MR) is 98.8 cm³/mol. The van der Waals surface area contributed by atoms with Gasteiger partial charge in [0.15, 0.2) is 0 Å². The van der Waals surface area contributed by atoms with E-state index in [9.17, 15) is 4.79 Å². The van der Waals surface area contributed by atoms with Crippen molar-refractivity contribution in [2.75, 3.05) is 5.73 Å². The Morgan fingerprint density at radius 3 is 2.33 bits per heavy atom. The fraction of sp³-hybridized carbons (Fsp3) is 0.150. The lowest BCUT2D eigenvalue weighted by molar-refractivity contribution is 0.103. The fourth-order valence-electron chi connectivity index (χ4n) is 2.76. The van der Waals surface area contributed by atoms with Crippen molar-refractivity contribution >= 4 is 23.1 Å². The Hall–Kier alpha value is -2.52. The van der Waals surface area contributed by atoms with Crippen LogP contribution in [-0.4, -0.2) is 10.8 Å². The maximum atomic E-state index is 12.7. The van der Waals surface area contributed by atoms with E-state index in [0.717, 1.165) is 22.5 Å². The number of hydrogen-bond donors (Lipinski definition) is 2. The first-order valence-corrected chi connectivity index (χ1v) is 8.18. The molecular weight excluding hydrogens is 320 g/mol. The van der Waals surface area contributed by atoms with E-state index < -0.39 is 0 Å². The van der Waals surface area contributed by atoms with Crippen molar-refractivity contribution in [3.05, 3.63) is 87.7 Å². The van der Waals surface area contributed by atoms with Crippen LogP contribution < -0.4 is 5.73 Å². The lowest BCUT2D eigenvalue weighted by Crippen LogP contribution is -2.04. The number of nitrogens with one attached hydrogen (secondary N) is 1. The molecule has 1 aromatic heterocycles. The molecule has 0 saturated heterocycles. The van der Waals surface area contributed by atoms with Crippen LogP contribution in [0.25, 0.3) is 0 Å². The highest BCUT2D eigenvalue weighted by molar-refractivity contribution is 6.30. The summed E-state index contributed by atoms with van der Waals surface area (Å²) in [6, 6.07) is 16.8. The number of carbonyl (C=O) groups is 1. The van der Waals surface area contributed by atoms with Crippen LogP contribution >= 0.6 is 11.6 Å². The Kier molecular flexibility index (Phi) is 4.45. The maximum Gasteiger partial charge on any atom is 0.209 e. The molecular formula is C20H19ClN2O. The molecule has 0 aliphatic rings. The van der Waals surface area contributed by atoms with E-state index in [1.165, 1.54) is 0 Å². The average Bonchev–Trinajstić information content (AvgIpc) is 2.97. The molecule has 0 fully saturated rings. The van der Waals surface area contributed by atoms with Crippen molar-refractivity contribution in [2.24, 2.45) is 0 Å². The number of carbonyl (C=O) groups excluding carboxylic acids is 1. The Balaban J connectivity index is 1.90. The first kappa shape index (κ1) is 16.3. The number of aromatic amines is 1. The summed E-state index contributed by atoms with van der Waals surface area (Å²) in [6.45, 7) is 4.05. The lowest BCUT2D eigenvalue weighted by atomic mass is 9.97. The second-order valence-electron chi connectivity index (χ2n) is 6.01. The number of nitrogen functional groups attached to an aromatic ring is 1. The Labute approximate surface area is 146 Å². The second kappa shape index (κ2) is 6.54. The number of aryl methyl sites for hydroxylation is 1. The Bertz CT molecular complexity index is 864. The molecule has 0 bridgehead atoms. The van der Waals surface area contributed by atoms with Gasteiger partial charge in [0.25, 0.3) is 0 Å². The standard InChI is InChI=1S/C20H19ClN2O/c1-12-11-18(13(2)14-5-9-17(22)10-6-14)23-19(12)20(24)15-3-7-16(21)8-4-15/h3-11,13,23H,22H2,1-2H3. The molecule has 0 spiro atoms. The third-order valence-electron chi connectivity index (χ3n) is 4.27. The first-order valence-electron chi connectivity index (χ1n) is 7.81. The minimum absolute atomic E-state index is 0.0278. The smallest absolute Gasteiger partial charge is 0.209 e. The summed E-state index contributed by atoms with van der Waals surface area (Å²) < 4.78 is 0. The minimum atomic E-state index is -0.0278. The Morgan fingerprint density at radius 1 is 1.08 bits per heavy atom. The monoisotopic (exact) mass is 338 g/mol. The van der Waals surface area contributed by atoms with Gasteiger partial charge >= 0.3 is 0 Å². The van der Waals surface area contributed by atoms with E-state index in [4.69, 9.17) is 17.3 Å². The molecule has 3 aromatic rings. The molecule has 122 valence electrons. The predicted octanol–water partition coefficient (Wildman–Crippen LogP) is 4.94. The number of H-pyrrole nitrogens is 1. The van der Waals surface area contributed by atoms with Gasteiger partial charge in [0.05, 0.1) is 5.69 Å². The van der Waals surface area contributed by atoms with Crippen molar-refractivity contribution < 1.29 is 4.79 Å². The molecule has 0 amide bonds. The fourth-order valence-corrected chi connectivity index (χ4v) is 2.89. The number of halogens is 1. The molecule has 0 saturated carbocycles. The van der Waals surface area contributed by atoms with Gasteiger partial charge in [-0.05, 0) is 60.5 Å². The van der Waals surface area contributed by atoms with Crippen LogP contribution in [0.5, 0.6) is 0 Å². The van der Waals surface area contributed by atoms with E-state index in [-0.39, 0.29) is 11.7 Å². The summed E-state index contributed by atoms with van der Waals surface area (Å²) in [7, 11) is 0. The van der Waals surface area contributed by atoms with Gasteiger partial charge in [-0.1, -0.05) is 30.7 Å². The highest BCUT2D eigenvalue weighted by Gasteiger charge is 2.18. The van der Waals surface area contributed by atoms with Crippen LogP contribution in [0, 0.1) is 6.92 Å². The topological polar surface area (TPSA) is 58.9 Å². The molecule has 2 aromatic carbocycles. The molecule has 1 heterocycles. The third kappa shape index (κ3) is 3.22. The molecule has 24 heavy (non-hydrogen) atoms. The van der Waals surface area contributed by atoms with Crippen LogP contribution in [0.15, 0.2) is 54.6 Å². The van der Waals surface area contributed by atoms with E-state index in [1.807, 2.05) is 37.3 Å². The molecule has 4 heteroatoms. The zero-order valence-corrected chi connectivity index (χ0v) is 14.4. The lowest BCUT2D eigenvalue weighted by Gasteiger charge is -2.10. The van der Waals surface area contributed by atoms with Gasteiger partial charge in [-0.25, -0.2) is 0 Å². The van der Waals surface area contributed by atoms with Crippen molar-refractivity contribution in [2.45, 2.75) is 19.8 Å². The van der Waals surface area contributed by atoms with Crippen LogP contribution in [-0.2, 0) is 0 Å². The van der Waals surface area contributed by atoms with Crippen molar-refractivity contribution in [3.63, 3.8) is 0 Å². The number of ketones is 1. The van der Waals surface area contributed by atoms with Gasteiger partial charge in [-0.15, -0.1) is 0 Å². The van der Waals surface area contributed by atoms with Crippen molar-refractivity contribution in [3.8, 4) is 0 Å². The number of aromatic nitrogens is 1.